The van der Waals surface area contributed by atoms with Gasteiger partial charge in [-0.1, -0.05) is 13.3 Å². The summed E-state index contributed by atoms with van der Waals surface area (Å²) < 4.78 is 5.50. The first kappa shape index (κ1) is 13.9. The molecule has 1 aliphatic rings. The van der Waals surface area contributed by atoms with Gasteiger partial charge in [-0.15, -0.1) is 0 Å². The van der Waals surface area contributed by atoms with Gasteiger partial charge in [-0.3, -0.25) is 0 Å². The van der Waals surface area contributed by atoms with E-state index in [1.54, 1.807) is 7.11 Å². The molecule has 0 saturated carbocycles. The summed E-state index contributed by atoms with van der Waals surface area (Å²) in [6, 6.07) is 0. The van der Waals surface area contributed by atoms with Gasteiger partial charge in [-0.25, -0.2) is 0 Å². The van der Waals surface area contributed by atoms with E-state index >= 15 is 0 Å². The first-order valence-electron chi connectivity index (χ1n) is 6.68. The number of hydrogen-bond donors (Lipinski definition) is 1. The summed E-state index contributed by atoms with van der Waals surface area (Å²) in [7, 11) is 1.80. The summed E-state index contributed by atoms with van der Waals surface area (Å²) in [5.74, 6) is 0. The Balaban J connectivity index is 2.06. The Morgan fingerprint density at radius 3 is 2.50 bits per heavy atom. The molecule has 96 valence electrons. The molecule has 0 amide bonds. The third-order valence-electron chi connectivity index (χ3n) is 3.79. The number of ether oxygens (including phenoxy) is 1. The molecule has 0 aliphatic carbocycles. The van der Waals surface area contributed by atoms with E-state index in [0.717, 1.165) is 19.5 Å². The van der Waals surface area contributed by atoms with Crippen LogP contribution in [0.3, 0.4) is 0 Å². The van der Waals surface area contributed by atoms with Crippen molar-refractivity contribution >= 4 is 0 Å². The van der Waals surface area contributed by atoms with Crippen LogP contribution in [0.1, 0.15) is 39.5 Å². The van der Waals surface area contributed by atoms with E-state index < -0.39 is 0 Å². The number of methoxy groups -OCH3 is 1. The molecule has 1 atom stereocenters. The van der Waals surface area contributed by atoms with Crippen molar-refractivity contribution in [2.45, 2.75) is 45.1 Å². The van der Waals surface area contributed by atoms with Gasteiger partial charge in [0.25, 0.3) is 0 Å². The number of likely N-dealkylation sites (tertiary alicyclic amines) is 1. The maximum Gasteiger partial charge on any atom is 0.0771 e. The predicted octanol–water partition coefficient (Wildman–Crippen LogP) is 1.88. The summed E-state index contributed by atoms with van der Waals surface area (Å²) in [5.41, 5.74) is 0.00188. The molecule has 1 aliphatic heterocycles. The van der Waals surface area contributed by atoms with E-state index in [2.05, 4.69) is 24.1 Å². The number of rotatable bonds is 7. The third kappa shape index (κ3) is 4.81. The molecule has 0 aromatic heterocycles. The van der Waals surface area contributed by atoms with Gasteiger partial charge in [0.15, 0.2) is 0 Å². The van der Waals surface area contributed by atoms with Crippen molar-refractivity contribution in [1.29, 1.82) is 0 Å². The van der Waals surface area contributed by atoms with Crippen LogP contribution < -0.4 is 5.32 Å². The SMILES string of the molecule is CCC(C)(CNCCN1CCCCC1)OC. The zero-order valence-electron chi connectivity index (χ0n) is 11.2. The van der Waals surface area contributed by atoms with Gasteiger partial charge in [0.1, 0.15) is 0 Å². The van der Waals surface area contributed by atoms with Crippen LogP contribution in [-0.2, 0) is 4.74 Å². The van der Waals surface area contributed by atoms with Crippen molar-refractivity contribution in [1.82, 2.24) is 10.2 Å². The second-order valence-corrected chi connectivity index (χ2v) is 5.09. The molecule has 1 N–H and O–H groups in total. The van der Waals surface area contributed by atoms with Crippen LogP contribution >= 0.6 is 0 Å². The molecule has 1 unspecified atom stereocenters. The first-order chi connectivity index (χ1) is 7.70. The van der Waals surface area contributed by atoms with Crippen molar-refractivity contribution in [3.63, 3.8) is 0 Å². The lowest BCUT2D eigenvalue weighted by molar-refractivity contribution is 0.00342. The Kier molecular flexibility index (Phi) is 6.32. The van der Waals surface area contributed by atoms with Crippen LogP contribution in [0.25, 0.3) is 0 Å². The van der Waals surface area contributed by atoms with Crippen molar-refractivity contribution in [3.05, 3.63) is 0 Å². The van der Waals surface area contributed by atoms with Crippen molar-refractivity contribution < 1.29 is 4.74 Å². The van der Waals surface area contributed by atoms with Gasteiger partial charge >= 0.3 is 0 Å². The Labute approximate surface area is 101 Å². The highest BCUT2D eigenvalue weighted by molar-refractivity contribution is 4.76. The van der Waals surface area contributed by atoms with E-state index in [9.17, 15) is 0 Å². The molecule has 16 heavy (non-hydrogen) atoms. The minimum absolute atomic E-state index is 0.00188. The number of nitrogens with one attached hydrogen (secondary N) is 1. The minimum Gasteiger partial charge on any atom is -0.377 e. The van der Waals surface area contributed by atoms with Gasteiger partial charge in [0.2, 0.25) is 0 Å². The van der Waals surface area contributed by atoms with Gasteiger partial charge < -0.3 is 15.0 Å². The fourth-order valence-electron chi connectivity index (χ4n) is 2.11. The molecule has 0 bridgehead atoms. The monoisotopic (exact) mass is 228 g/mol. The molecule has 0 radical (unpaired) electrons. The van der Waals surface area contributed by atoms with Crippen LogP contribution in [0.5, 0.6) is 0 Å². The average Bonchev–Trinajstić information content (AvgIpc) is 2.36. The maximum absolute atomic E-state index is 5.50. The van der Waals surface area contributed by atoms with E-state index in [-0.39, 0.29) is 5.60 Å². The summed E-state index contributed by atoms with van der Waals surface area (Å²) >= 11 is 0. The lowest BCUT2D eigenvalue weighted by atomic mass is 10.0. The fourth-order valence-corrected chi connectivity index (χ4v) is 2.11. The van der Waals surface area contributed by atoms with Crippen LogP contribution in [0.15, 0.2) is 0 Å². The quantitative estimate of drug-likeness (QED) is 0.673. The lowest BCUT2D eigenvalue weighted by Gasteiger charge is -2.29. The summed E-state index contributed by atoms with van der Waals surface area (Å²) in [6.45, 7) is 10.1. The molecule has 0 spiro atoms. The number of piperidine rings is 1. The van der Waals surface area contributed by atoms with Crippen LogP contribution in [0.4, 0.5) is 0 Å². The Morgan fingerprint density at radius 1 is 1.25 bits per heavy atom. The fraction of sp³-hybridized carbons (Fsp3) is 1.00. The number of nitrogens with zero attached hydrogens (tertiary/aromatic N) is 1. The summed E-state index contributed by atoms with van der Waals surface area (Å²) in [6.07, 6.45) is 5.23. The average molecular weight is 228 g/mol. The van der Waals surface area contributed by atoms with Gasteiger partial charge in [-0.2, -0.15) is 0 Å². The zero-order valence-corrected chi connectivity index (χ0v) is 11.2. The highest BCUT2D eigenvalue weighted by atomic mass is 16.5. The molecule has 1 heterocycles. The molecule has 0 aromatic rings. The smallest absolute Gasteiger partial charge is 0.0771 e. The third-order valence-corrected chi connectivity index (χ3v) is 3.79. The van der Waals surface area contributed by atoms with Gasteiger partial charge in [0, 0.05) is 26.7 Å². The molecular formula is C13H28N2O. The Hall–Kier alpha value is -0.120. The zero-order chi connectivity index (χ0) is 11.9. The molecular weight excluding hydrogens is 200 g/mol. The normalized spacial score (nSPS) is 21.9. The largest absolute Gasteiger partial charge is 0.377 e. The molecule has 1 saturated heterocycles. The Morgan fingerprint density at radius 2 is 1.94 bits per heavy atom. The van der Waals surface area contributed by atoms with Crippen LogP contribution in [0.2, 0.25) is 0 Å². The minimum atomic E-state index is 0.00188. The molecule has 3 heteroatoms. The first-order valence-corrected chi connectivity index (χ1v) is 6.68. The van der Waals surface area contributed by atoms with E-state index in [0.29, 0.717) is 0 Å². The van der Waals surface area contributed by atoms with Crippen molar-refractivity contribution in [2.24, 2.45) is 0 Å². The predicted molar refractivity (Wildman–Crippen MR) is 68.9 cm³/mol. The maximum atomic E-state index is 5.50. The van der Waals surface area contributed by atoms with Crippen LogP contribution in [-0.4, -0.2) is 50.3 Å². The molecule has 1 rings (SSSR count). The van der Waals surface area contributed by atoms with E-state index in [1.807, 2.05) is 0 Å². The topological polar surface area (TPSA) is 24.5 Å². The second-order valence-electron chi connectivity index (χ2n) is 5.09. The lowest BCUT2D eigenvalue weighted by Crippen LogP contribution is -2.42. The molecule has 1 fully saturated rings. The summed E-state index contributed by atoms with van der Waals surface area (Å²) in [4.78, 5) is 2.56. The second kappa shape index (κ2) is 7.25. The van der Waals surface area contributed by atoms with E-state index in [1.165, 1.54) is 38.9 Å². The van der Waals surface area contributed by atoms with E-state index in [4.69, 9.17) is 4.74 Å². The van der Waals surface area contributed by atoms with Crippen molar-refractivity contribution in [2.75, 3.05) is 39.8 Å². The van der Waals surface area contributed by atoms with Crippen molar-refractivity contribution in [3.8, 4) is 0 Å². The number of hydrogen-bond acceptors (Lipinski definition) is 3. The summed E-state index contributed by atoms with van der Waals surface area (Å²) in [5, 5.41) is 3.51. The van der Waals surface area contributed by atoms with Gasteiger partial charge in [0.05, 0.1) is 5.60 Å². The van der Waals surface area contributed by atoms with Crippen LogP contribution in [0, 0.1) is 0 Å². The Bertz CT molecular complexity index is 175. The standard InChI is InChI=1S/C13H28N2O/c1-4-13(2,16-3)12-14-8-11-15-9-6-5-7-10-15/h14H,4-12H2,1-3H3. The van der Waals surface area contributed by atoms with Gasteiger partial charge in [-0.05, 0) is 39.3 Å². The molecule has 0 aromatic carbocycles. The highest BCUT2D eigenvalue weighted by Crippen LogP contribution is 2.12. The highest BCUT2D eigenvalue weighted by Gasteiger charge is 2.20. The molecule has 3 nitrogen and oxygen atoms in total.